The van der Waals surface area contributed by atoms with Crippen molar-refractivity contribution in [3.8, 4) is 0 Å². The second-order valence-electron chi connectivity index (χ2n) is 10.0. The Morgan fingerprint density at radius 1 is 1.16 bits per heavy atom. The number of fused-ring (bicyclic) bond motifs is 1. The van der Waals surface area contributed by atoms with Gasteiger partial charge in [0.15, 0.2) is 5.76 Å². The standard InChI is InChI=1S/C25H42O6/c1-5-6-7-8-9-10-11-15(2)20-24(31)23(30)19-21(17(27)14-16(3)22(19)29)25(20,4)18(28)12-13-26/h15-17,19,21-22,26-27,29,31H,5-14H2,1-4H3/t15-,16-,17+,19+,21-,22-,25-/m1/s1. The van der Waals surface area contributed by atoms with Gasteiger partial charge in [0.2, 0.25) is 5.78 Å². The molecule has 1 saturated carbocycles. The third-order valence-corrected chi connectivity index (χ3v) is 7.78. The zero-order chi connectivity index (χ0) is 23.3. The van der Waals surface area contributed by atoms with Gasteiger partial charge in [-0.25, -0.2) is 0 Å². The fourth-order valence-corrected chi connectivity index (χ4v) is 6.07. The summed E-state index contributed by atoms with van der Waals surface area (Å²) in [7, 11) is 0. The molecule has 0 aromatic rings. The first-order chi connectivity index (χ1) is 14.6. The number of allylic oxidation sites excluding steroid dienone is 2. The highest BCUT2D eigenvalue weighted by Gasteiger charge is 2.61. The molecule has 1 fully saturated rings. The SMILES string of the molecule is CCCCCCCC[C@@H](C)C1=C(O)C(=O)[C@@H]2[C@H](O)[C@H](C)C[C@H](O)[C@H]2[C@]1(C)C(=O)CCO. The summed E-state index contributed by atoms with van der Waals surface area (Å²) in [5, 5.41) is 42.2. The van der Waals surface area contributed by atoms with Crippen LogP contribution in [0.4, 0.5) is 0 Å². The number of Topliss-reactive ketones (excluding diaryl/α,β-unsaturated/α-hetero) is 2. The van der Waals surface area contributed by atoms with Gasteiger partial charge < -0.3 is 20.4 Å². The van der Waals surface area contributed by atoms with Gasteiger partial charge in [0.25, 0.3) is 0 Å². The quantitative estimate of drug-likeness (QED) is 0.366. The molecular weight excluding hydrogens is 396 g/mol. The minimum atomic E-state index is -1.30. The van der Waals surface area contributed by atoms with E-state index in [2.05, 4.69) is 6.92 Å². The molecule has 6 nitrogen and oxygen atoms in total. The molecule has 2 rings (SSSR count). The van der Waals surface area contributed by atoms with E-state index in [1.807, 2.05) is 6.92 Å². The molecule has 2 aliphatic carbocycles. The molecule has 0 aliphatic heterocycles. The van der Waals surface area contributed by atoms with Crippen molar-refractivity contribution >= 4 is 11.6 Å². The van der Waals surface area contributed by atoms with Gasteiger partial charge in [0, 0.05) is 18.9 Å². The first-order valence-electron chi connectivity index (χ1n) is 12.1. The Morgan fingerprint density at radius 2 is 1.77 bits per heavy atom. The Balaban J connectivity index is 2.39. The second kappa shape index (κ2) is 11.1. The molecule has 0 heterocycles. The molecule has 0 amide bonds. The summed E-state index contributed by atoms with van der Waals surface area (Å²) in [5.74, 6) is -3.63. The first-order valence-corrected chi connectivity index (χ1v) is 12.1. The molecule has 31 heavy (non-hydrogen) atoms. The molecule has 0 radical (unpaired) electrons. The number of unbranched alkanes of at least 4 members (excludes halogenated alkanes) is 5. The van der Waals surface area contributed by atoms with Crippen molar-refractivity contribution in [1.29, 1.82) is 0 Å². The van der Waals surface area contributed by atoms with Gasteiger partial charge in [-0.15, -0.1) is 0 Å². The van der Waals surface area contributed by atoms with E-state index in [0.717, 1.165) is 25.7 Å². The van der Waals surface area contributed by atoms with E-state index in [1.54, 1.807) is 13.8 Å². The fourth-order valence-electron chi connectivity index (χ4n) is 6.07. The van der Waals surface area contributed by atoms with Crippen LogP contribution in [0.25, 0.3) is 0 Å². The molecule has 7 atom stereocenters. The maximum atomic E-state index is 13.3. The molecule has 0 spiro atoms. The van der Waals surface area contributed by atoms with Crippen LogP contribution in [-0.4, -0.2) is 50.8 Å². The third-order valence-electron chi connectivity index (χ3n) is 7.78. The zero-order valence-electron chi connectivity index (χ0n) is 19.6. The third kappa shape index (κ3) is 5.07. The monoisotopic (exact) mass is 438 g/mol. The lowest BCUT2D eigenvalue weighted by atomic mass is 9.50. The molecule has 0 aromatic heterocycles. The lowest BCUT2D eigenvalue weighted by Gasteiger charge is -2.53. The Bertz CT molecular complexity index is 671. The minimum absolute atomic E-state index is 0.118. The van der Waals surface area contributed by atoms with Crippen LogP contribution in [-0.2, 0) is 9.59 Å². The van der Waals surface area contributed by atoms with Gasteiger partial charge in [-0.2, -0.15) is 0 Å². The Labute approximate surface area is 186 Å². The molecule has 0 bridgehead atoms. The Morgan fingerprint density at radius 3 is 2.39 bits per heavy atom. The number of hydrogen-bond donors (Lipinski definition) is 4. The van der Waals surface area contributed by atoms with Crippen LogP contribution in [0.1, 0.15) is 85.5 Å². The van der Waals surface area contributed by atoms with Gasteiger partial charge in [-0.3, -0.25) is 9.59 Å². The minimum Gasteiger partial charge on any atom is -0.504 e. The normalized spacial score (nSPS) is 34.5. The number of carbonyl (C=O) groups excluding carboxylic acids is 2. The van der Waals surface area contributed by atoms with Crippen LogP contribution >= 0.6 is 0 Å². The van der Waals surface area contributed by atoms with Gasteiger partial charge in [-0.1, -0.05) is 59.3 Å². The summed E-state index contributed by atoms with van der Waals surface area (Å²) in [6.45, 7) is 7.21. The van der Waals surface area contributed by atoms with Gasteiger partial charge >= 0.3 is 0 Å². The molecule has 178 valence electrons. The number of aliphatic hydroxyl groups is 4. The average Bonchev–Trinajstić information content (AvgIpc) is 2.71. The largest absolute Gasteiger partial charge is 0.504 e. The number of ketones is 2. The Hall–Kier alpha value is -1.24. The van der Waals surface area contributed by atoms with E-state index in [0.29, 0.717) is 5.57 Å². The van der Waals surface area contributed by atoms with Crippen molar-refractivity contribution in [2.45, 2.75) is 97.7 Å². The number of hydrogen-bond acceptors (Lipinski definition) is 6. The van der Waals surface area contributed by atoms with Gasteiger partial charge in [0.1, 0.15) is 5.78 Å². The second-order valence-corrected chi connectivity index (χ2v) is 10.0. The zero-order valence-corrected chi connectivity index (χ0v) is 19.6. The molecule has 0 saturated heterocycles. The number of aliphatic hydroxyl groups excluding tert-OH is 4. The lowest BCUT2D eigenvalue weighted by Crippen LogP contribution is -2.61. The van der Waals surface area contributed by atoms with E-state index in [9.17, 15) is 30.0 Å². The van der Waals surface area contributed by atoms with Crippen molar-refractivity contribution in [3.63, 3.8) is 0 Å². The Kier molecular flexibility index (Phi) is 9.28. The highest BCUT2D eigenvalue weighted by atomic mass is 16.3. The van der Waals surface area contributed by atoms with E-state index >= 15 is 0 Å². The van der Waals surface area contributed by atoms with Crippen LogP contribution in [0.3, 0.4) is 0 Å². The molecule has 0 unspecified atom stereocenters. The van der Waals surface area contributed by atoms with Crippen molar-refractivity contribution < 1.29 is 30.0 Å². The predicted octanol–water partition coefficient (Wildman–Crippen LogP) is 3.72. The smallest absolute Gasteiger partial charge is 0.203 e. The molecule has 2 aliphatic rings. The van der Waals surface area contributed by atoms with Crippen LogP contribution in [0.2, 0.25) is 0 Å². The lowest BCUT2D eigenvalue weighted by molar-refractivity contribution is -0.161. The molecular formula is C25H42O6. The summed E-state index contributed by atoms with van der Waals surface area (Å²) in [6, 6.07) is 0. The number of carbonyl (C=O) groups is 2. The average molecular weight is 439 g/mol. The van der Waals surface area contributed by atoms with E-state index in [-0.39, 0.29) is 37.1 Å². The summed E-state index contributed by atoms with van der Waals surface area (Å²) < 4.78 is 0. The van der Waals surface area contributed by atoms with E-state index in [1.165, 1.54) is 19.3 Å². The molecule has 0 aromatic carbocycles. The van der Waals surface area contributed by atoms with E-state index in [4.69, 9.17) is 0 Å². The van der Waals surface area contributed by atoms with Crippen molar-refractivity contribution in [2.75, 3.05) is 6.61 Å². The highest BCUT2D eigenvalue weighted by Crippen LogP contribution is 2.55. The summed E-state index contributed by atoms with van der Waals surface area (Å²) in [6.07, 6.45) is 5.64. The first kappa shape index (κ1) is 26.0. The van der Waals surface area contributed by atoms with Gasteiger partial charge in [-0.05, 0) is 37.2 Å². The number of rotatable bonds is 11. The maximum Gasteiger partial charge on any atom is 0.203 e. The molecule has 4 N–H and O–H groups in total. The fraction of sp³-hybridized carbons (Fsp3) is 0.840. The summed E-state index contributed by atoms with van der Waals surface area (Å²) in [4.78, 5) is 26.5. The maximum absolute atomic E-state index is 13.3. The van der Waals surface area contributed by atoms with Crippen molar-refractivity contribution in [3.05, 3.63) is 11.3 Å². The van der Waals surface area contributed by atoms with Crippen molar-refractivity contribution in [2.24, 2.45) is 29.1 Å². The van der Waals surface area contributed by atoms with Crippen LogP contribution < -0.4 is 0 Å². The highest BCUT2D eigenvalue weighted by molar-refractivity contribution is 6.02. The van der Waals surface area contributed by atoms with Crippen LogP contribution in [0.15, 0.2) is 11.3 Å². The summed E-state index contributed by atoms with van der Waals surface area (Å²) >= 11 is 0. The van der Waals surface area contributed by atoms with Crippen molar-refractivity contribution in [1.82, 2.24) is 0 Å². The van der Waals surface area contributed by atoms with E-state index < -0.39 is 41.0 Å². The predicted molar refractivity (Wildman–Crippen MR) is 119 cm³/mol. The topological polar surface area (TPSA) is 115 Å². The van der Waals surface area contributed by atoms with Gasteiger partial charge in [0.05, 0.1) is 23.5 Å². The van der Waals surface area contributed by atoms with Crippen LogP contribution in [0, 0.1) is 29.1 Å². The molecule has 6 heteroatoms. The summed E-state index contributed by atoms with van der Waals surface area (Å²) in [5.41, 5.74) is -0.917. The van der Waals surface area contributed by atoms with Crippen LogP contribution in [0.5, 0.6) is 0 Å².